The lowest BCUT2D eigenvalue weighted by Gasteiger charge is -2.17. The molecular weight excluding hydrogens is 362 g/mol. The van der Waals surface area contributed by atoms with Crippen LogP contribution < -0.4 is 5.32 Å². The third kappa shape index (κ3) is 8.70. The first-order chi connectivity index (χ1) is 13.5. The highest BCUT2D eigenvalue weighted by atomic mass is 16.5. The van der Waals surface area contributed by atoms with Crippen LogP contribution in [0.3, 0.4) is 0 Å². The van der Waals surface area contributed by atoms with Gasteiger partial charge in [0.15, 0.2) is 0 Å². The molecule has 1 atom stereocenters. The standard InChI is InChI=1S/C21H29NO6/c1-4-27-19(23)14-13-18(21(25)28-5-2)22-20(24)17-11-9-16(10-12-17)8-6-7-15-26-3/h7,9-12,15,18H,4-6,8,13-14H2,1-3H3,(H,22,24)/t18-/m0/s1. The molecule has 7 nitrogen and oxygen atoms in total. The number of amides is 1. The summed E-state index contributed by atoms with van der Waals surface area (Å²) in [5.74, 6) is -1.38. The van der Waals surface area contributed by atoms with E-state index in [1.807, 2.05) is 18.2 Å². The largest absolute Gasteiger partial charge is 0.505 e. The molecule has 7 heteroatoms. The molecule has 28 heavy (non-hydrogen) atoms. The van der Waals surface area contributed by atoms with Crippen LogP contribution in [-0.4, -0.2) is 44.2 Å². The second kappa shape index (κ2) is 13.4. The van der Waals surface area contributed by atoms with E-state index >= 15 is 0 Å². The molecule has 0 aliphatic carbocycles. The molecule has 0 saturated heterocycles. The van der Waals surface area contributed by atoms with Gasteiger partial charge in [-0.3, -0.25) is 9.59 Å². The fourth-order valence-electron chi connectivity index (χ4n) is 2.47. The van der Waals surface area contributed by atoms with Gasteiger partial charge in [-0.25, -0.2) is 4.79 Å². The van der Waals surface area contributed by atoms with E-state index in [0.29, 0.717) is 5.56 Å². The van der Waals surface area contributed by atoms with E-state index in [-0.39, 0.29) is 26.1 Å². The van der Waals surface area contributed by atoms with Crippen molar-refractivity contribution in [3.05, 3.63) is 47.7 Å². The topological polar surface area (TPSA) is 90.9 Å². The molecule has 0 aromatic heterocycles. The first-order valence-corrected chi connectivity index (χ1v) is 9.41. The smallest absolute Gasteiger partial charge is 0.328 e. The van der Waals surface area contributed by atoms with Crippen molar-refractivity contribution in [2.24, 2.45) is 0 Å². The second-order valence-electron chi connectivity index (χ2n) is 5.96. The molecule has 0 bridgehead atoms. The Bertz CT molecular complexity index is 653. The molecule has 0 spiro atoms. The zero-order valence-corrected chi connectivity index (χ0v) is 16.7. The predicted octanol–water partition coefficient (Wildman–Crippen LogP) is 2.78. The maximum Gasteiger partial charge on any atom is 0.328 e. The van der Waals surface area contributed by atoms with Crippen molar-refractivity contribution >= 4 is 17.8 Å². The number of aryl methyl sites for hydroxylation is 1. The van der Waals surface area contributed by atoms with Gasteiger partial charge in [0.05, 0.1) is 26.6 Å². The summed E-state index contributed by atoms with van der Waals surface area (Å²) in [4.78, 5) is 36.1. The molecule has 1 aromatic carbocycles. The fraction of sp³-hybridized carbons (Fsp3) is 0.476. The van der Waals surface area contributed by atoms with E-state index in [2.05, 4.69) is 5.32 Å². The van der Waals surface area contributed by atoms with Crippen molar-refractivity contribution < 1.29 is 28.6 Å². The summed E-state index contributed by atoms with van der Waals surface area (Å²) < 4.78 is 14.7. The zero-order chi connectivity index (χ0) is 20.8. The predicted molar refractivity (Wildman–Crippen MR) is 105 cm³/mol. The van der Waals surface area contributed by atoms with Gasteiger partial charge in [-0.05, 0) is 56.9 Å². The lowest BCUT2D eigenvalue weighted by atomic mass is 10.1. The van der Waals surface area contributed by atoms with Crippen LogP contribution in [0.1, 0.15) is 49.0 Å². The van der Waals surface area contributed by atoms with Crippen molar-refractivity contribution in [1.82, 2.24) is 5.32 Å². The Morgan fingerprint density at radius 3 is 2.36 bits per heavy atom. The molecule has 0 saturated carbocycles. The molecule has 1 amide bonds. The lowest BCUT2D eigenvalue weighted by Crippen LogP contribution is -2.42. The number of ether oxygens (including phenoxy) is 3. The lowest BCUT2D eigenvalue weighted by molar-refractivity contribution is -0.146. The summed E-state index contributed by atoms with van der Waals surface area (Å²) in [7, 11) is 1.60. The first kappa shape index (κ1) is 23.2. The van der Waals surface area contributed by atoms with E-state index in [1.54, 1.807) is 39.4 Å². The Hall–Kier alpha value is -2.83. The summed E-state index contributed by atoms with van der Waals surface area (Å²) in [6.07, 6.45) is 5.35. The number of benzene rings is 1. The van der Waals surface area contributed by atoms with Gasteiger partial charge in [-0.15, -0.1) is 0 Å². The third-order valence-electron chi connectivity index (χ3n) is 3.87. The minimum Gasteiger partial charge on any atom is -0.505 e. The number of nitrogens with one attached hydrogen (secondary N) is 1. The highest BCUT2D eigenvalue weighted by Crippen LogP contribution is 2.09. The molecule has 154 valence electrons. The van der Waals surface area contributed by atoms with Gasteiger partial charge in [0, 0.05) is 12.0 Å². The number of esters is 2. The summed E-state index contributed by atoms with van der Waals surface area (Å²) in [6.45, 7) is 3.85. The highest BCUT2D eigenvalue weighted by molar-refractivity contribution is 5.96. The number of hydrogen-bond acceptors (Lipinski definition) is 6. The fourth-order valence-corrected chi connectivity index (χ4v) is 2.47. The number of hydrogen-bond donors (Lipinski definition) is 1. The Morgan fingerprint density at radius 2 is 1.75 bits per heavy atom. The van der Waals surface area contributed by atoms with Gasteiger partial charge in [-0.2, -0.15) is 0 Å². The van der Waals surface area contributed by atoms with E-state index in [9.17, 15) is 14.4 Å². The average molecular weight is 391 g/mol. The third-order valence-corrected chi connectivity index (χ3v) is 3.87. The number of methoxy groups -OCH3 is 1. The van der Waals surface area contributed by atoms with Gasteiger partial charge in [0.2, 0.25) is 0 Å². The summed E-state index contributed by atoms with van der Waals surface area (Å²) in [6, 6.07) is 6.24. The van der Waals surface area contributed by atoms with Crippen LogP contribution in [0.5, 0.6) is 0 Å². The minimum absolute atomic E-state index is 0.0194. The molecule has 1 aromatic rings. The maximum atomic E-state index is 12.5. The Labute approximate surface area is 166 Å². The highest BCUT2D eigenvalue weighted by Gasteiger charge is 2.23. The molecular formula is C21H29NO6. The second-order valence-corrected chi connectivity index (χ2v) is 5.96. The molecule has 1 rings (SSSR count). The summed E-state index contributed by atoms with van der Waals surface area (Å²) >= 11 is 0. The van der Waals surface area contributed by atoms with E-state index in [1.165, 1.54) is 0 Å². The summed E-state index contributed by atoms with van der Waals surface area (Å²) in [5, 5.41) is 2.65. The number of rotatable bonds is 12. The number of allylic oxidation sites excluding steroid dienone is 1. The molecule has 0 radical (unpaired) electrons. The van der Waals surface area contributed by atoms with Gasteiger partial charge >= 0.3 is 11.9 Å². The van der Waals surface area contributed by atoms with E-state index < -0.39 is 23.9 Å². The van der Waals surface area contributed by atoms with Crippen molar-refractivity contribution in [2.75, 3.05) is 20.3 Å². The normalized spacial score (nSPS) is 11.7. The molecule has 0 fully saturated rings. The van der Waals surface area contributed by atoms with Crippen molar-refractivity contribution in [1.29, 1.82) is 0 Å². The first-order valence-electron chi connectivity index (χ1n) is 9.41. The average Bonchev–Trinajstić information content (AvgIpc) is 2.69. The number of carbonyl (C=O) groups is 3. The Balaban J connectivity index is 2.68. The van der Waals surface area contributed by atoms with Crippen LogP contribution in [0, 0.1) is 0 Å². The van der Waals surface area contributed by atoms with Gasteiger partial charge in [0.25, 0.3) is 5.91 Å². The maximum absolute atomic E-state index is 12.5. The van der Waals surface area contributed by atoms with Crippen LogP contribution in [0.25, 0.3) is 0 Å². The van der Waals surface area contributed by atoms with Crippen LogP contribution in [0.2, 0.25) is 0 Å². The van der Waals surface area contributed by atoms with Crippen LogP contribution in [-0.2, 0) is 30.2 Å². The minimum atomic E-state index is -0.907. The molecule has 0 heterocycles. The zero-order valence-electron chi connectivity index (χ0n) is 16.7. The van der Waals surface area contributed by atoms with Gasteiger partial charge in [-0.1, -0.05) is 12.1 Å². The van der Waals surface area contributed by atoms with Crippen molar-refractivity contribution in [3.8, 4) is 0 Å². The molecule has 0 aliphatic rings. The molecule has 0 unspecified atom stereocenters. The van der Waals surface area contributed by atoms with E-state index in [4.69, 9.17) is 14.2 Å². The van der Waals surface area contributed by atoms with E-state index in [0.717, 1.165) is 18.4 Å². The van der Waals surface area contributed by atoms with Crippen molar-refractivity contribution in [3.63, 3.8) is 0 Å². The molecule has 1 N–H and O–H groups in total. The van der Waals surface area contributed by atoms with Gasteiger partial charge in [0.1, 0.15) is 6.04 Å². The quantitative estimate of drug-likeness (QED) is 0.435. The summed E-state index contributed by atoms with van der Waals surface area (Å²) in [5.41, 5.74) is 1.52. The van der Waals surface area contributed by atoms with Crippen LogP contribution in [0.15, 0.2) is 36.6 Å². The SMILES string of the molecule is CCOC(=O)CC[C@H](NC(=O)c1ccc(CCC=COC)cc1)C(=O)OCC. The monoisotopic (exact) mass is 391 g/mol. The number of carbonyl (C=O) groups excluding carboxylic acids is 3. The van der Waals surface area contributed by atoms with Gasteiger partial charge < -0.3 is 19.5 Å². The van der Waals surface area contributed by atoms with Crippen molar-refractivity contribution in [2.45, 2.75) is 45.6 Å². The Morgan fingerprint density at radius 1 is 1.07 bits per heavy atom. The Kier molecular flexibility index (Phi) is 11.1. The van der Waals surface area contributed by atoms with Crippen LogP contribution >= 0.6 is 0 Å². The molecule has 0 aliphatic heterocycles. The van der Waals surface area contributed by atoms with Crippen LogP contribution in [0.4, 0.5) is 0 Å².